The van der Waals surface area contributed by atoms with Gasteiger partial charge in [-0.1, -0.05) is 121 Å². The third-order valence-corrected chi connectivity index (χ3v) is 14.2. The number of ether oxygens (including phenoxy) is 1. The summed E-state index contributed by atoms with van der Waals surface area (Å²) in [4.78, 5) is 43.8. The first-order valence-corrected chi connectivity index (χ1v) is 24.0. The Labute approximate surface area is 402 Å². The SMILES string of the molecule is CC(C)Oc1ccc(-c2nn(C(c3ccccc3)(c3ccccc3)c3ccccc3)c3ccc(N4CCC5(CCN(CC(=O)N6CC=C(c7ccc(-c8ncn(C)n8)cc7)CC6)C5)C4=O)cc23)cn1. The van der Waals surface area contributed by atoms with Gasteiger partial charge < -0.3 is 14.5 Å². The summed E-state index contributed by atoms with van der Waals surface area (Å²) in [6, 6.07) is 50.2. The number of hydrogen-bond acceptors (Lipinski definition) is 8. The predicted octanol–water partition coefficient (Wildman–Crippen LogP) is 9.27. The van der Waals surface area contributed by atoms with Crippen molar-refractivity contribution in [2.45, 2.75) is 44.8 Å². The van der Waals surface area contributed by atoms with Crippen molar-refractivity contribution in [2.24, 2.45) is 12.5 Å². The van der Waals surface area contributed by atoms with Gasteiger partial charge in [-0.15, -0.1) is 0 Å². The number of carbonyl (C=O) groups is 2. The largest absolute Gasteiger partial charge is 0.475 e. The summed E-state index contributed by atoms with van der Waals surface area (Å²) in [7, 11) is 1.86. The summed E-state index contributed by atoms with van der Waals surface area (Å²) in [5, 5.41) is 10.9. The summed E-state index contributed by atoms with van der Waals surface area (Å²) in [6.45, 7) is 7.38. The Hall–Kier alpha value is -7.70. The minimum atomic E-state index is -0.869. The first-order chi connectivity index (χ1) is 33.7. The topological polar surface area (TPSA) is 115 Å². The van der Waals surface area contributed by atoms with Crippen LogP contribution < -0.4 is 9.64 Å². The smallest absolute Gasteiger partial charge is 0.237 e. The van der Waals surface area contributed by atoms with Crippen molar-refractivity contribution in [3.63, 3.8) is 0 Å². The van der Waals surface area contributed by atoms with Crippen LogP contribution in [-0.2, 0) is 22.2 Å². The highest BCUT2D eigenvalue weighted by atomic mass is 16.5. The molecule has 12 heteroatoms. The molecule has 1 unspecified atom stereocenters. The van der Waals surface area contributed by atoms with E-state index < -0.39 is 11.0 Å². The molecule has 0 radical (unpaired) electrons. The van der Waals surface area contributed by atoms with E-state index in [1.807, 2.05) is 67.2 Å². The van der Waals surface area contributed by atoms with Crippen molar-refractivity contribution in [3.8, 4) is 28.5 Å². The maximum atomic E-state index is 14.8. The fourth-order valence-electron chi connectivity index (χ4n) is 10.8. The molecule has 6 heterocycles. The Morgan fingerprint density at radius 1 is 0.739 bits per heavy atom. The average Bonchev–Trinajstić information content (AvgIpc) is 4.19. The fourth-order valence-corrected chi connectivity index (χ4v) is 10.8. The highest BCUT2D eigenvalue weighted by Gasteiger charge is 2.51. The molecule has 1 atom stereocenters. The maximum Gasteiger partial charge on any atom is 0.237 e. The van der Waals surface area contributed by atoms with Crippen molar-refractivity contribution < 1.29 is 14.3 Å². The average molecular weight is 914 g/mol. The van der Waals surface area contributed by atoms with Crippen LogP contribution in [0.5, 0.6) is 5.88 Å². The van der Waals surface area contributed by atoms with E-state index in [1.165, 1.54) is 5.57 Å². The van der Waals surface area contributed by atoms with Crippen molar-refractivity contribution in [2.75, 3.05) is 44.2 Å². The van der Waals surface area contributed by atoms with Gasteiger partial charge in [0.05, 0.1) is 23.6 Å². The van der Waals surface area contributed by atoms with Crippen LogP contribution in [0.1, 0.15) is 55.4 Å². The second-order valence-corrected chi connectivity index (χ2v) is 18.9. The number of aromatic nitrogens is 6. The van der Waals surface area contributed by atoms with E-state index in [0.29, 0.717) is 51.0 Å². The first-order valence-electron chi connectivity index (χ1n) is 24.0. The van der Waals surface area contributed by atoms with Gasteiger partial charge in [-0.25, -0.2) is 14.6 Å². The molecule has 2 fully saturated rings. The van der Waals surface area contributed by atoms with Gasteiger partial charge in [-0.2, -0.15) is 10.2 Å². The van der Waals surface area contributed by atoms with Gasteiger partial charge >= 0.3 is 0 Å². The number of benzene rings is 5. The second kappa shape index (κ2) is 18.1. The van der Waals surface area contributed by atoms with Gasteiger partial charge in [-0.05, 0) is 91.7 Å². The fraction of sp³-hybridized carbons (Fsp3) is 0.263. The molecule has 346 valence electrons. The zero-order chi connectivity index (χ0) is 47.1. The second-order valence-electron chi connectivity index (χ2n) is 18.9. The lowest BCUT2D eigenvalue weighted by Gasteiger charge is -2.37. The number of carbonyl (C=O) groups excluding carboxylic acids is 2. The lowest BCUT2D eigenvalue weighted by atomic mass is 9.77. The number of pyridine rings is 1. The van der Waals surface area contributed by atoms with Gasteiger partial charge in [0, 0.05) is 67.7 Å². The van der Waals surface area contributed by atoms with E-state index in [-0.39, 0.29) is 17.9 Å². The minimum absolute atomic E-state index is 0.0175. The molecule has 69 heavy (non-hydrogen) atoms. The number of aryl methyl sites for hydroxylation is 1. The van der Waals surface area contributed by atoms with E-state index in [4.69, 9.17) is 14.8 Å². The zero-order valence-corrected chi connectivity index (χ0v) is 39.3. The van der Waals surface area contributed by atoms with Crippen molar-refractivity contribution in [3.05, 3.63) is 186 Å². The van der Waals surface area contributed by atoms with Crippen LogP contribution >= 0.6 is 0 Å². The monoisotopic (exact) mass is 913 g/mol. The number of hydrogen-bond donors (Lipinski definition) is 0. The summed E-state index contributed by atoms with van der Waals surface area (Å²) in [6.07, 6.45) is 7.92. The number of anilines is 1. The van der Waals surface area contributed by atoms with E-state index in [1.54, 1.807) is 11.0 Å². The Balaban J connectivity index is 0.875. The highest BCUT2D eigenvalue weighted by molar-refractivity contribution is 6.03. The molecule has 3 aliphatic rings. The molecular weight excluding hydrogens is 859 g/mol. The van der Waals surface area contributed by atoms with Crippen LogP contribution in [-0.4, -0.2) is 96.5 Å². The highest BCUT2D eigenvalue weighted by Crippen LogP contribution is 2.47. The van der Waals surface area contributed by atoms with Crippen molar-refractivity contribution in [1.82, 2.24) is 39.3 Å². The van der Waals surface area contributed by atoms with Crippen LogP contribution in [0.4, 0.5) is 5.69 Å². The molecular formula is C57H55N9O3. The molecule has 1 spiro atoms. The van der Waals surface area contributed by atoms with Gasteiger partial charge in [0.25, 0.3) is 0 Å². The van der Waals surface area contributed by atoms with E-state index in [9.17, 15) is 9.59 Å². The Kier molecular flexibility index (Phi) is 11.5. The van der Waals surface area contributed by atoms with Crippen LogP contribution in [0.25, 0.3) is 39.1 Å². The van der Waals surface area contributed by atoms with Crippen molar-refractivity contribution in [1.29, 1.82) is 0 Å². The zero-order valence-electron chi connectivity index (χ0n) is 39.3. The minimum Gasteiger partial charge on any atom is -0.475 e. The first kappa shape index (κ1) is 43.8. The molecule has 2 saturated heterocycles. The molecule has 11 rings (SSSR count). The third-order valence-electron chi connectivity index (χ3n) is 14.2. The maximum absolute atomic E-state index is 14.8. The summed E-state index contributed by atoms with van der Waals surface area (Å²) in [5.74, 6) is 1.47. The van der Waals surface area contributed by atoms with Crippen LogP contribution in [0.2, 0.25) is 0 Å². The summed E-state index contributed by atoms with van der Waals surface area (Å²) >= 11 is 0. The molecule has 0 N–H and O–H groups in total. The van der Waals surface area contributed by atoms with Crippen LogP contribution in [0.3, 0.4) is 0 Å². The molecule has 12 nitrogen and oxygen atoms in total. The lowest BCUT2D eigenvalue weighted by Crippen LogP contribution is -2.43. The number of amides is 2. The normalized spacial score (nSPS) is 17.6. The molecule has 8 aromatic rings. The number of fused-ring (bicyclic) bond motifs is 1. The molecule has 0 aliphatic carbocycles. The van der Waals surface area contributed by atoms with Gasteiger partial charge in [0.2, 0.25) is 17.7 Å². The Morgan fingerprint density at radius 3 is 1.99 bits per heavy atom. The van der Waals surface area contributed by atoms with Crippen LogP contribution in [0.15, 0.2) is 164 Å². The molecule has 2 amide bonds. The molecule has 0 saturated carbocycles. The lowest BCUT2D eigenvalue weighted by molar-refractivity contribution is -0.132. The number of nitrogens with zero attached hydrogens (tertiary/aromatic N) is 9. The van der Waals surface area contributed by atoms with Crippen molar-refractivity contribution >= 4 is 34.0 Å². The molecule has 3 aromatic heterocycles. The van der Waals surface area contributed by atoms with Gasteiger partial charge in [0.1, 0.15) is 17.6 Å². The predicted molar refractivity (Wildman–Crippen MR) is 269 cm³/mol. The molecule has 3 aliphatic heterocycles. The Bertz CT molecular complexity index is 3070. The summed E-state index contributed by atoms with van der Waals surface area (Å²) in [5.41, 5.74) is 8.46. The third kappa shape index (κ3) is 8.08. The molecule has 5 aromatic carbocycles. The Morgan fingerprint density at radius 2 is 1.39 bits per heavy atom. The van der Waals surface area contributed by atoms with Gasteiger partial charge in [0.15, 0.2) is 5.82 Å². The van der Waals surface area contributed by atoms with E-state index in [0.717, 1.165) is 74.9 Å². The van der Waals surface area contributed by atoms with E-state index in [2.05, 4.69) is 141 Å². The standard InChI is InChI=1S/C57H55N9O3/c1-40(2)69-51-26-23-44(36-58-51)53-49-35-48(24-25-50(49)66(60-53)57(45-13-7-4-8-14-45,46-15-9-5-10-16-46)47-17-11-6-12-18-47)65-34-30-56(55(65)68)29-33-63(38-56)37-52(67)64-31-27-42(28-32-64)41-19-21-43(22-20-41)54-59-39-62(3)61-54/h4-27,35-36,39-40H,28-34,37-38H2,1-3H3. The number of rotatable bonds is 12. The number of likely N-dealkylation sites (tertiary alicyclic amines) is 1. The molecule has 0 bridgehead atoms. The van der Waals surface area contributed by atoms with E-state index >= 15 is 0 Å². The summed E-state index contributed by atoms with van der Waals surface area (Å²) < 4.78 is 9.82. The van der Waals surface area contributed by atoms with Gasteiger partial charge in [-0.3, -0.25) is 19.2 Å². The van der Waals surface area contributed by atoms with Crippen LogP contribution in [0, 0.1) is 5.41 Å². The quantitative estimate of drug-likeness (QED) is 0.112.